The molecule has 0 saturated carbocycles. The van der Waals surface area contributed by atoms with Crippen LogP contribution in [0.5, 0.6) is 0 Å². The third kappa shape index (κ3) is 4.76. The molecule has 6 aromatic heterocycles. The van der Waals surface area contributed by atoms with Crippen molar-refractivity contribution in [3.05, 3.63) is 90.8 Å². The molecule has 1 N–H and O–H groups in total. The SMILES string of the molecule is CNCCn1cc(-c2cnc3ccc(-c4c(-c5cccc(C)n5)nnn4Cc4cccnc4)nc3c2)cn1. The van der Waals surface area contributed by atoms with Crippen LogP contribution in [0.2, 0.25) is 0 Å². The van der Waals surface area contributed by atoms with Gasteiger partial charge in [0, 0.05) is 48.2 Å². The lowest BCUT2D eigenvalue weighted by Gasteiger charge is -2.09. The predicted molar refractivity (Wildman–Crippen MR) is 145 cm³/mol. The second-order valence-electron chi connectivity index (χ2n) is 9.02. The maximum Gasteiger partial charge on any atom is 0.141 e. The van der Waals surface area contributed by atoms with E-state index in [1.807, 2.05) is 96.7 Å². The lowest BCUT2D eigenvalue weighted by atomic mass is 10.1. The average molecular weight is 503 g/mol. The lowest BCUT2D eigenvalue weighted by molar-refractivity contribution is 0.585. The molecule has 0 bridgehead atoms. The summed E-state index contributed by atoms with van der Waals surface area (Å²) in [5, 5.41) is 16.6. The minimum absolute atomic E-state index is 0.506. The Morgan fingerprint density at radius 3 is 2.68 bits per heavy atom. The monoisotopic (exact) mass is 502 g/mol. The summed E-state index contributed by atoms with van der Waals surface area (Å²) >= 11 is 0. The molecule has 188 valence electrons. The Morgan fingerprint density at radius 1 is 0.895 bits per heavy atom. The van der Waals surface area contributed by atoms with Crippen molar-refractivity contribution in [1.29, 1.82) is 0 Å². The number of hydrogen-bond donors (Lipinski definition) is 1. The molecule has 10 nitrogen and oxygen atoms in total. The van der Waals surface area contributed by atoms with Crippen LogP contribution in [0, 0.1) is 6.92 Å². The molecule has 38 heavy (non-hydrogen) atoms. The predicted octanol–water partition coefficient (Wildman–Crippen LogP) is 3.78. The van der Waals surface area contributed by atoms with Crippen LogP contribution in [0.1, 0.15) is 11.3 Å². The largest absolute Gasteiger partial charge is 0.318 e. The van der Waals surface area contributed by atoms with Crippen molar-refractivity contribution in [3.8, 4) is 33.9 Å². The van der Waals surface area contributed by atoms with E-state index in [1.165, 1.54) is 0 Å². The second-order valence-corrected chi connectivity index (χ2v) is 9.02. The summed E-state index contributed by atoms with van der Waals surface area (Å²) in [6, 6.07) is 15.8. The van der Waals surface area contributed by atoms with Crippen molar-refractivity contribution in [2.45, 2.75) is 20.0 Å². The molecule has 0 atom stereocenters. The molecule has 0 amide bonds. The number of nitrogens with one attached hydrogen (secondary N) is 1. The summed E-state index contributed by atoms with van der Waals surface area (Å²) in [7, 11) is 1.93. The number of likely N-dealkylation sites (N-methyl/N-ethyl adjacent to an activating group) is 1. The Bertz CT molecular complexity index is 1700. The minimum atomic E-state index is 0.506. The summed E-state index contributed by atoms with van der Waals surface area (Å²) in [5.74, 6) is 0. The molecular formula is C28H26N10. The normalized spacial score (nSPS) is 11.3. The van der Waals surface area contributed by atoms with E-state index >= 15 is 0 Å². The van der Waals surface area contributed by atoms with Crippen molar-refractivity contribution in [2.75, 3.05) is 13.6 Å². The molecule has 0 aliphatic carbocycles. The molecule has 0 saturated heterocycles. The fourth-order valence-electron chi connectivity index (χ4n) is 4.35. The van der Waals surface area contributed by atoms with Gasteiger partial charge in [0.25, 0.3) is 0 Å². The third-order valence-electron chi connectivity index (χ3n) is 6.26. The summed E-state index contributed by atoms with van der Waals surface area (Å²) < 4.78 is 3.78. The first kappa shape index (κ1) is 23.6. The molecule has 6 heterocycles. The van der Waals surface area contributed by atoms with Gasteiger partial charge in [-0.25, -0.2) is 9.67 Å². The van der Waals surface area contributed by atoms with E-state index < -0.39 is 0 Å². The smallest absolute Gasteiger partial charge is 0.141 e. The van der Waals surface area contributed by atoms with Gasteiger partial charge in [-0.1, -0.05) is 17.3 Å². The number of aryl methyl sites for hydroxylation is 1. The van der Waals surface area contributed by atoms with Gasteiger partial charge in [0.1, 0.15) is 11.4 Å². The molecule has 0 radical (unpaired) electrons. The van der Waals surface area contributed by atoms with E-state index in [9.17, 15) is 0 Å². The van der Waals surface area contributed by atoms with Crippen LogP contribution in [0.4, 0.5) is 0 Å². The number of aromatic nitrogens is 9. The molecule has 0 aromatic carbocycles. The highest BCUT2D eigenvalue weighted by Crippen LogP contribution is 2.30. The topological polar surface area (TPSA) is 112 Å². The quantitative estimate of drug-likeness (QED) is 0.335. The van der Waals surface area contributed by atoms with E-state index in [0.29, 0.717) is 12.2 Å². The molecule has 10 heteroatoms. The van der Waals surface area contributed by atoms with Gasteiger partial charge in [-0.05, 0) is 55.9 Å². The van der Waals surface area contributed by atoms with Gasteiger partial charge in [-0.3, -0.25) is 19.6 Å². The van der Waals surface area contributed by atoms with E-state index in [0.717, 1.165) is 63.6 Å². The number of nitrogens with zero attached hydrogens (tertiary/aromatic N) is 9. The first-order valence-corrected chi connectivity index (χ1v) is 12.4. The van der Waals surface area contributed by atoms with Crippen LogP contribution in [-0.2, 0) is 13.1 Å². The van der Waals surface area contributed by atoms with Crippen LogP contribution >= 0.6 is 0 Å². The van der Waals surface area contributed by atoms with E-state index in [-0.39, 0.29) is 0 Å². The van der Waals surface area contributed by atoms with Crippen LogP contribution < -0.4 is 5.32 Å². The van der Waals surface area contributed by atoms with Crippen molar-refractivity contribution < 1.29 is 0 Å². The summed E-state index contributed by atoms with van der Waals surface area (Å²) in [6.07, 6.45) is 9.33. The van der Waals surface area contributed by atoms with Gasteiger partial charge < -0.3 is 5.32 Å². The fourth-order valence-corrected chi connectivity index (χ4v) is 4.35. The maximum absolute atomic E-state index is 5.03. The van der Waals surface area contributed by atoms with Gasteiger partial charge in [0.05, 0.1) is 41.7 Å². The van der Waals surface area contributed by atoms with E-state index in [2.05, 4.69) is 30.7 Å². The Balaban J connectivity index is 1.44. The minimum Gasteiger partial charge on any atom is -0.318 e. The van der Waals surface area contributed by atoms with Crippen LogP contribution in [-0.4, -0.2) is 58.3 Å². The molecule has 6 aromatic rings. The van der Waals surface area contributed by atoms with Gasteiger partial charge in [0.15, 0.2) is 0 Å². The number of rotatable bonds is 8. The molecule has 6 rings (SSSR count). The summed E-state index contributed by atoms with van der Waals surface area (Å²) in [5.41, 5.74) is 8.43. The summed E-state index contributed by atoms with van der Waals surface area (Å²) in [4.78, 5) is 18.6. The highest BCUT2D eigenvalue weighted by Gasteiger charge is 2.20. The molecule has 0 spiro atoms. The van der Waals surface area contributed by atoms with Crippen molar-refractivity contribution >= 4 is 11.0 Å². The van der Waals surface area contributed by atoms with Crippen molar-refractivity contribution in [3.63, 3.8) is 0 Å². The van der Waals surface area contributed by atoms with Crippen molar-refractivity contribution in [2.24, 2.45) is 0 Å². The van der Waals surface area contributed by atoms with Crippen molar-refractivity contribution in [1.82, 2.24) is 50.0 Å². The highest BCUT2D eigenvalue weighted by molar-refractivity contribution is 5.84. The summed E-state index contributed by atoms with van der Waals surface area (Å²) in [6.45, 7) is 4.11. The molecule has 0 aliphatic heterocycles. The van der Waals surface area contributed by atoms with Gasteiger partial charge >= 0.3 is 0 Å². The zero-order valence-corrected chi connectivity index (χ0v) is 21.2. The Hall–Kier alpha value is -4.83. The number of pyridine rings is 4. The first-order valence-electron chi connectivity index (χ1n) is 12.4. The van der Waals surface area contributed by atoms with Gasteiger partial charge in [0.2, 0.25) is 0 Å². The zero-order valence-electron chi connectivity index (χ0n) is 21.2. The Kier molecular flexibility index (Phi) is 6.37. The first-order chi connectivity index (χ1) is 18.7. The van der Waals surface area contributed by atoms with Gasteiger partial charge in [-0.2, -0.15) is 5.10 Å². The van der Waals surface area contributed by atoms with E-state index in [4.69, 9.17) is 9.97 Å². The fraction of sp³-hybridized carbons (Fsp3) is 0.179. The molecule has 0 aliphatic rings. The standard InChI is InChI=1S/C28H26N10/c1-19-5-3-7-24(33-19)27-28(38(36-35-27)17-20-6-4-10-30-14-20)25-9-8-23-26(34-25)13-21(15-31-23)22-16-32-37(18-22)12-11-29-2/h3-10,13-16,18,29H,11-12,17H2,1-2H3. The Morgan fingerprint density at radius 2 is 1.84 bits per heavy atom. The van der Waals surface area contributed by atoms with Gasteiger partial charge in [-0.15, -0.1) is 5.10 Å². The second kappa shape index (κ2) is 10.3. The van der Waals surface area contributed by atoms with Crippen LogP contribution in [0.15, 0.2) is 79.5 Å². The van der Waals surface area contributed by atoms with Crippen LogP contribution in [0.25, 0.3) is 44.9 Å². The number of hydrogen-bond acceptors (Lipinski definition) is 8. The van der Waals surface area contributed by atoms with E-state index in [1.54, 1.807) is 6.20 Å². The number of fused-ring (bicyclic) bond motifs is 1. The lowest BCUT2D eigenvalue weighted by Crippen LogP contribution is -2.14. The van der Waals surface area contributed by atoms with Crippen LogP contribution in [0.3, 0.4) is 0 Å². The zero-order chi connectivity index (χ0) is 25.9. The molecular weight excluding hydrogens is 476 g/mol. The third-order valence-corrected chi connectivity index (χ3v) is 6.26. The average Bonchev–Trinajstić information content (AvgIpc) is 3.59. The molecule has 0 fully saturated rings. The maximum atomic E-state index is 5.03. The highest BCUT2D eigenvalue weighted by atomic mass is 15.4. The Labute approximate surface area is 219 Å². The molecule has 0 unspecified atom stereocenters.